The molecule has 0 N–H and O–H groups in total. The van der Waals surface area contributed by atoms with Gasteiger partial charge in [-0.25, -0.2) is 0 Å². The van der Waals surface area contributed by atoms with E-state index in [9.17, 15) is 10.1 Å². The van der Waals surface area contributed by atoms with Crippen molar-refractivity contribution in [1.29, 1.82) is 0 Å². The number of nitrogens with zero attached hydrogens (tertiary/aromatic N) is 1. The molecule has 0 bridgehead atoms. The van der Waals surface area contributed by atoms with Crippen molar-refractivity contribution in [3.63, 3.8) is 0 Å². The molecule has 0 fully saturated rings. The van der Waals surface area contributed by atoms with Crippen molar-refractivity contribution < 1.29 is 4.92 Å². The highest BCUT2D eigenvalue weighted by molar-refractivity contribution is 4.83. The lowest BCUT2D eigenvalue weighted by molar-refractivity contribution is -0.577. The second-order valence-electron chi connectivity index (χ2n) is 6.28. The molecule has 0 aliphatic carbocycles. The average molecular weight is 229 g/mol. The first kappa shape index (κ1) is 15.4. The predicted octanol–water partition coefficient (Wildman–Crippen LogP) is 4.14. The van der Waals surface area contributed by atoms with Crippen molar-refractivity contribution in [3.8, 4) is 0 Å². The van der Waals surface area contributed by atoms with E-state index in [0.717, 1.165) is 0 Å². The molecule has 0 saturated heterocycles. The Bertz CT molecular complexity index is 195. The van der Waals surface area contributed by atoms with Crippen LogP contribution < -0.4 is 0 Å². The van der Waals surface area contributed by atoms with Gasteiger partial charge >= 0.3 is 0 Å². The fourth-order valence-corrected chi connectivity index (χ4v) is 2.75. The van der Waals surface area contributed by atoms with E-state index in [0.29, 0.717) is 37.0 Å². The van der Waals surface area contributed by atoms with E-state index in [1.807, 2.05) is 0 Å². The van der Waals surface area contributed by atoms with Crippen LogP contribution in [0.15, 0.2) is 0 Å². The molecule has 0 rings (SSSR count). The Labute approximate surface area is 99.8 Å². The molecular weight excluding hydrogens is 202 g/mol. The largest absolute Gasteiger partial charge is 0.264 e. The maximum atomic E-state index is 11.4. The maximum Gasteiger partial charge on any atom is 0.223 e. The van der Waals surface area contributed by atoms with Crippen LogP contribution in [0.5, 0.6) is 0 Å². The zero-order chi connectivity index (χ0) is 12.9. The number of hydrogen-bond acceptors (Lipinski definition) is 2. The molecule has 0 radical (unpaired) electrons. The summed E-state index contributed by atoms with van der Waals surface area (Å²) in [6.45, 7) is 12.4. The molecular formula is C13H27NO2. The van der Waals surface area contributed by atoms with Gasteiger partial charge in [-0.15, -0.1) is 0 Å². The smallest absolute Gasteiger partial charge is 0.223 e. The minimum absolute atomic E-state index is 0.0208. The maximum absolute atomic E-state index is 11.4. The van der Waals surface area contributed by atoms with E-state index >= 15 is 0 Å². The van der Waals surface area contributed by atoms with Crippen LogP contribution in [-0.4, -0.2) is 10.5 Å². The van der Waals surface area contributed by atoms with Gasteiger partial charge in [0, 0.05) is 24.2 Å². The molecule has 16 heavy (non-hydrogen) atoms. The highest BCUT2D eigenvalue weighted by Crippen LogP contribution is 2.34. The van der Waals surface area contributed by atoms with Crippen LogP contribution in [-0.2, 0) is 0 Å². The quantitative estimate of drug-likeness (QED) is 0.486. The van der Waals surface area contributed by atoms with Crippen LogP contribution in [0.2, 0.25) is 0 Å². The van der Waals surface area contributed by atoms with Crippen molar-refractivity contribution >= 4 is 0 Å². The summed E-state index contributed by atoms with van der Waals surface area (Å²) in [5.41, 5.74) is -0.712. The standard InChI is InChI=1S/C13H27NO2/c1-10(2)7-13(14(15)16,8-11(3)4)9-12(5)6/h10-12H,7-9H2,1-6H3. The van der Waals surface area contributed by atoms with Gasteiger partial charge in [-0.05, 0) is 17.8 Å². The Morgan fingerprint density at radius 3 is 1.25 bits per heavy atom. The first-order chi connectivity index (χ1) is 7.19. The molecule has 0 aromatic carbocycles. The molecule has 0 aliphatic rings. The van der Waals surface area contributed by atoms with Crippen LogP contribution in [0.4, 0.5) is 0 Å². The van der Waals surface area contributed by atoms with Crippen molar-refractivity contribution in [2.24, 2.45) is 17.8 Å². The van der Waals surface area contributed by atoms with E-state index in [2.05, 4.69) is 41.5 Å². The van der Waals surface area contributed by atoms with Crippen molar-refractivity contribution in [2.75, 3.05) is 0 Å². The van der Waals surface area contributed by atoms with Gasteiger partial charge < -0.3 is 0 Å². The summed E-state index contributed by atoms with van der Waals surface area (Å²) < 4.78 is 0. The molecule has 96 valence electrons. The molecule has 0 amide bonds. The van der Waals surface area contributed by atoms with Crippen molar-refractivity contribution in [1.82, 2.24) is 0 Å². The van der Waals surface area contributed by atoms with Crippen LogP contribution in [0, 0.1) is 27.9 Å². The van der Waals surface area contributed by atoms with E-state index < -0.39 is 5.54 Å². The third kappa shape index (κ3) is 4.95. The van der Waals surface area contributed by atoms with Gasteiger partial charge in [-0.3, -0.25) is 10.1 Å². The number of rotatable bonds is 7. The van der Waals surface area contributed by atoms with Crippen molar-refractivity contribution in [3.05, 3.63) is 10.1 Å². The molecule has 0 unspecified atom stereocenters. The first-order valence-corrected chi connectivity index (χ1v) is 6.34. The molecule has 0 saturated carbocycles. The summed E-state index contributed by atoms with van der Waals surface area (Å²) in [7, 11) is 0. The third-order valence-electron chi connectivity index (χ3n) is 2.75. The summed E-state index contributed by atoms with van der Waals surface area (Å²) in [6, 6.07) is 0. The Kier molecular flexibility index (Phi) is 5.98. The lowest BCUT2D eigenvalue weighted by atomic mass is 9.77. The second-order valence-corrected chi connectivity index (χ2v) is 6.28. The Hall–Kier alpha value is -0.600. The molecule has 0 aromatic rings. The monoisotopic (exact) mass is 229 g/mol. The van der Waals surface area contributed by atoms with Crippen LogP contribution in [0.25, 0.3) is 0 Å². The first-order valence-electron chi connectivity index (χ1n) is 6.34. The number of hydrogen-bond donors (Lipinski definition) is 0. The highest BCUT2D eigenvalue weighted by atomic mass is 16.6. The summed E-state index contributed by atoms with van der Waals surface area (Å²) in [6.07, 6.45) is 2.07. The molecule has 0 heterocycles. The Morgan fingerprint density at radius 2 is 1.12 bits per heavy atom. The summed E-state index contributed by atoms with van der Waals surface area (Å²) in [5, 5.41) is 11.4. The molecule has 0 atom stereocenters. The lowest BCUT2D eigenvalue weighted by Crippen LogP contribution is -2.42. The van der Waals surface area contributed by atoms with Gasteiger partial charge in [-0.1, -0.05) is 41.5 Å². The van der Waals surface area contributed by atoms with Crippen molar-refractivity contribution in [2.45, 2.75) is 66.3 Å². The normalized spacial score (nSPS) is 12.8. The third-order valence-corrected chi connectivity index (χ3v) is 2.75. The van der Waals surface area contributed by atoms with Gasteiger partial charge in [0.15, 0.2) is 0 Å². The van der Waals surface area contributed by atoms with Gasteiger partial charge in [-0.2, -0.15) is 0 Å². The zero-order valence-corrected chi connectivity index (χ0v) is 11.6. The fourth-order valence-electron chi connectivity index (χ4n) is 2.75. The van der Waals surface area contributed by atoms with Crippen LogP contribution in [0.3, 0.4) is 0 Å². The van der Waals surface area contributed by atoms with Gasteiger partial charge in [0.1, 0.15) is 0 Å². The zero-order valence-electron chi connectivity index (χ0n) is 11.6. The average Bonchev–Trinajstić information content (AvgIpc) is 1.98. The Balaban J connectivity index is 4.96. The van der Waals surface area contributed by atoms with E-state index in [1.165, 1.54) is 0 Å². The molecule has 0 aliphatic heterocycles. The van der Waals surface area contributed by atoms with Gasteiger partial charge in [0.25, 0.3) is 0 Å². The topological polar surface area (TPSA) is 43.1 Å². The van der Waals surface area contributed by atoms with Gasteiger partial charge in [0.2, 0.25) is 5.54 Å². The minimum atomic E-state index is -0.712. The number of nitro groups is 1. The predicted molar refractivity (Wildman–Crippen MR) is 68.1 cm³/mol. The summed E-state index contributed by atoms with van der Waals surface area (Å²) in [5.74, 6) is 1.13. The molecule has 3 nitrogen and oxygen atoms in total. The Morgan fingerprint density at radius 1 is 0.875 bits per heavy atom. The second kappa shape index (κ2) is 6.21. The lowest BCUT2D eigenvalue weighted by Gasteiger charge is -2.30. The van der Waals surface area contributed by atoms with Crippen LogP contribution >= 0.6 is 0 Å². The minimum Gasteiger partial charge on any atom is -0.264 e. The fraction of sp³-hybridized carbons (Fsp3) is 1.00. The van der Waals surface area contributed by atoms with Crippen LogP contribution in [0.1, 0.15) is 60.8 Å². The highest BCUT2D eigenvalue weighted by Gasteiger charge is 2.43. The molecule has 0 aromatic heterocycles. The van der Waals surface area contributed by atoms with E-state index in [4.69, 9.17) is 0 Å². The van der Waals surface area contributed by atoms with E-state index in [-0.39, 0.29) is 4.92 Å². The van der Waals surface area contributed by atoms with E-state index in [1.54, 1.807) is 0 Å². The molecule has 3 heteroatoms. The molecule has 0 spiro atoms. The SMILES string of the molecule is CC(C)CC(CC(C)C)(CC(C)C)[N+](=O)[O-]. The van der Waals surface area contributed by atoms with Gasteiger partial charge in [0.05, 0.1) is 0 Å². The summed E-state index contributed by atoms with van der Waals surface area (Å²) in [4.78, 5) is 11.4. The summed E-state index contributed by atoms with van der Waals surface area (Å²) >= 11 is 0.